The van der Waals surface area contributed by atoms with Crippen molar-refractivity contribution in [3.8, 4) is 6.07 Å². The number of rotatable bonds is 7. The molecule has 2 aliphatic rings. The first-order chi connectivity index (χ1) is 17.2. The van der Waals surface area contributed by atoms with Crippen molar-refractivity contribution in [2.75, 3.05) is 26.8 Å². The zero-order valence-electron chi connectivity index (χ0n) is 21.5. The molecule has 2 heterocycles. The number of piperidine rings is 1. The summed E-state index contributed by atoms with van der Waals surface area (Å²) in [5.41, 5.74) is 2.05. The molecule has 0 unspecified atom stereocenters. The maximum atomic E-state index is 15.8. The summed E-state index contributed by atoms with van der Waals surface area (Å²) in [5, 5.41) is 16.4. The van der Waals surface area contributed by atoms with Crippen molar-refractivity contribution in [1.29, 1.82) is 5.26 Å². The maximum absolute atomic E-state index is 15.8. The van der Waals surface area contributed by atoms with Crippen molar-refractivity contribution < 1.29 is 13.9 Å². The normalized spacial score (nSPS) is 19.1. The summed E-state index contributed by atoms with van der Waals surface area (Å²) in [4.78, 5) is 20.1. The smallest absolute Gasteiger partial charge is 0.250 e. The molecule has 1 fully saturated rings. The van der Waals surface area contributed by atoms with Gasteiger partial charge in [0.1, 0.15) is 11.5 Å². The molecule has 1 saturated heterocycles. The summed E-state index contributed by atoms with van der Waals surface area (Å²) in [7, 11) is 1.65. The Morgan fingerprint density at radius 3 is 2.56 bits per heavy atom. The standard InChI is InChI=1S/C28H34FN5O2/c1-5-20-17-27(2,3)23(16-22(20)25-31-24(32-33-25)10-15-36-4)26(35)34-13-11-28(29,12-14-34)21-8-6-19(18-30)7-9-21/h6-9,16H,5,10-15,17H2,1-4H3,(H,31,32,33). The Hall–Kier alpha value is -3.31. The molecule has 0 bridgehead atoms. The van der Waals surface area contributed by atoms with Gasteiger partial charge in [-0.15, -0.1) is 0 Å². The number of nitrogens with zero attached hydrogens (tertiary/aromatic N) is 4. The second-order valence-corrected chi connectivity index (χ2v) is 10.3. The molecule has 0 saturated carbocycles. The number of carbonyl (C=O) groups is 1. The predicted molar refractivity (Wildman–Crippen MR) is 135 cm³/mol. The highest BCUT2D eigenvalue weighted by atomic mass is 19.1. The summed E-state index contributed by atoms with van der Waals surface area (Å²) in [6.45, 7) is 7.51. The van der Waals surface area contributed by atoms with Gasteiger partial charge in [0.2, 0.25) is 5.91 Å². The first-order valence-electron chi connectivity index (χ1n) is 12.5. The summed E-state index contributed by atoms with van der Waals surface area (Å²) in [6, 6.07) is 8.73. The molecule has 0 radical (unpaired) electrons. The van der Waals surface area contributed by atoms with Crippen molar-refractivity contribution in [2.45, 2.75) is 58.5 Å². The minimum atomic E-state index is -1.50. The fourth-order valence-electron chi connectivity index (χ4n) is 5.15. The van der Waals surface area contributed by atoms with Gasteiger partial charge in [-0.2, -0.15) is 10.4 Å². The average molecular weight is 492 g/mol. The van der Waals surface area contributed by atoms with Crippen LogP contribution in [-0.4, -0.2) is 52.8 Å². The number of nitrogens with one attached hydrogen (secondary N) is 1. The van der Waals surface area contributed by atoms with Gasteiger partial charge in [-0.1, -0.05) is 38.5 Å². The molecule has 2 aromatic rings. The van der Waals surface area contributed by atoms with Crippen LogP contribution in [0.1, 0.15) is 69.2 Å². The Bertz CT molecular complexity index is 1210. The van der Waals surface area contributed by atoms with E-state index < -0.39 is 5.67 Å². The van der Waals surface area contributed by atoms with E-state index in [0.29, 0.717) is 48.6 Å². The Morgan fingerprint density at radius 2 is 1.94 bits per heavy atom. The number of aromatic nitrogens is 3. The zero-order chi connectivity index (χ0) is 25.9. The van der Waals surface area contributed by atoms with Gasteiger partial charge in [0.25, 0.3) is 0 Å². The van der Waals surface area contributed by atoms with Gasteiger partial charge in [0, 0.05) is 50.6 Å². The molecule has 190 valence electrons. The number of aromatic amines is 1. The third-order valence-corrected chi connectivity index (χ3v) is 7.40. The first-order valence-corrected chi connectivity index (χ1v) is 12.5. The average Bonchev–Trinajstić information content (AvgIpc) is 3.35. The zero-order valence-corrected chi connectivity index (χ0v) is 21.5. The van der Waals surface area contributed by atoms with E-state index in [2.05, 4.69) is 42.0 Å². The fourth-order valence-corrected chi connectivity index (χ4v) is 5.15. The number of ether oxygens (including phenoxy) is 1. The van der Waals surface area contributed by atoms with E-state index in [-0.39, 0.29) is 24.2 Å². The second-order valence-electron chi connectivity index (χ2n) is 10.3. The number of halogens is 1. The molecular weight excluding hydrogens is 457 g/mol. The van der Waals surface area contributed by atoms with E-state index >= 15 is 4.39 Å². The highest BCUT2D eigenvalue weighted by Crippen LogP contribution is 2.44. The van der Waals surface area contributed by atoms with E-state index in [1.54, 1.807) is 36.3 Å². The molecule has 36 heavy (non-hydrogen) atoms. The summed E-state index contributed by atoms with van der Waals surface area (Å²) in [6.07, 6.45) is 4.63. The van der Waals surface area contributed by atoms with Crippen molar-refractivity contribution >= 4 is 11.5 Å². The number of allylic oxidation sites excluding steroid dienone is 3. The molecule has 0 atom stereocenters. The van der Waals surface area contributed by atoms with Crippen LogP contribution < -0.4 is 0 Å². The molecule has 1 aliphatic heterocycles. The van der Waals surface area contributed by atoms with Crippen molar-refractivity contribution in [3.05, 3.63) is 64.3 Å². The molecule has 1 aromatic carbocycles. The van der Waals surface area contributed by atoms with E-state index in [0.717, 1.165) is 24.2 Å². The Morgan fingerprint density at radius 1 is 1.25 bits per heavy atom. The molecule has 1 aliphatic carbocycles. The number of nitriles is 1. The third-order valence-electron chi connectivity index (χ3n) is 7.40. The SMILES string of the molecule is CCC1=C(c2n[nH]c(CCOC)n2)C=C(C(=O)N2CCC(F)(c3ccc(C#N)cc3)CC2)C(C)(C)C1. The predicted octanol–water partition coefficient (Wildman–Crippen LogP) is 4.87. The lowest BCUT2D eigenvalue weighted by molar-refractivity contribution is -0.131. The van der Waals surface area contributed by atoms with Crippen LogP contribution in [0.4, 0.5) is 4.39 Å². The topological polar surface area (TPSA) is 94.9 Å². The number of hydrogen-bond donors (Lipinski definition) is 1. The van der Waals surface area contributed by atoms with Gasteiger partial charge in [-0.25, -0.2) is 9.37 Å². The largest absolute Gasteiger partial charge is 0.384 e. The molecule has 1 N–H and O–H groups in total. The molecule has 7 nitrogen and oxygen atoms in total. The summed E-state index contributed by atoms with van der Waals surface area (Å²) in [5.74, 6) is 1.30. The van der Waals surface area contributed by atoms with Gasteiger partial charge < -0.3 is 9.64 Å². The van der Waals surface area contributed by atoms with Crippen LogP contribution in [0.2, 0.25) is 0 Å². The van der Waals surface area contributed by atoms with Gasteiger partial charge in [-0.3, -0.25) is 9.89 Å². The minimum absolute atomic E-state index is 0.0512. The number of likely N-dealkylation sites (tertiary alicyclic amines) is 1. The van der Waals surface area contributed by atoms with Crippen LogP contribution in [-0.2, 0) is 21.6 Å². The van der Waals surface area contributed by atoms with Gasteiger partial charge in [-0.05, 0) is 42.0 Å². The fraction of sp³-hybridized carbons (Fsp3) is 0.500. The quantitative estimate of drug-likeness (QED) is 0.596. The molecule has 1 aromatic heterocycles. The van der Waals surface area contributed by atoms with E-state index in [4.69, 9.17) is 10.00 Å². The monoisotopic (exact) mass is 491 g/mol. The highest BCUT2D eigenvalue weighted by Gasteiger charge is 2.41. The van der Waals surface area contributed by atoms with Crippen LogP contribution in [0, 0.1) is 16.7 Å². The number of carbonyl (C=O) groups excluding carboxylic acids is 1. The van der Waals surface area contributed by atoms with Crippen molar-refractivity contribution in [3.63, 3.8) is 0 Å². The lowest BCUT2D eigenvalue weighted by atomic mass is 9.71. The number of amides is 1. The third kappa shape index (κ3) is 5.12. The van der Waals surface area contributed by atoms with Crippen LogP contribution in [0.25, 0.3) is 5.57 Å². The van der Waals surface area contributed by atoms with Crippen molar-refractivity contribution in [1.82, 2.24) is 20.1 Å². The van der Waals surface area contributed by atoms with Crippen LogP contribution in [0.3, 0.4) is 0 Å². The van der Waals surface area contributed by atoms with Gasteiger partial charge in [0.15, 0.2) is 5.82 Å². The van der Waals surface area contributed by atoms with Crippen LogP contribution in [0.5, 0.6) is 0 Å². The number of methoxy groups -OCH3 is 1. The Balaban J connectivity index is 1.55. The van der Waals surface area contributed by atoms with E-state index in [9.17, 15) is 4.79 Å². The van der Waals surface area contributed by atoms with Crippen molar-refractivity contribution in [2.24, 2.45) is 5.41 Å². The number of H-pyrrole nitrogens is 1. The van der Waals surface area contributed by atoms with E-state index in [1.807, 2.05) is 6.08 Å². The molecule has 8 heteroatoms. The number of benzene rings is 1. The Kier molecular flexibility index (Phi) is 7.41. The summed E-state index contributed by atoms with van der Waals surface area (Å²) >= 11 is 0. The second kappa shape index (κ2) is 10.4. The molecule has 4 rings (SSSR count). The highest BCUT2D eigenvalue weighted by molar-refractivity contribution is 5.98. The minimum Gasteiger partial charge on any atom is -0.384 e. The van der Waals surface area contributed by atoms with Gasteiger partial charge in [0.05, 0.1) is 18.2 Å². The lowest BCUT2D eigenvalue weighted by Gasteiger charge is -2.40. The van der Waals surface area contributed by atoms with Crippen LogP contribution >= 0.6 is 0 Å². The van der Waals surface area contributed by atoms with Crippen LogP contribution in [0.15, 0.2) is 41.5 Å². The summed E-state index contributed by atoms with van der Waals surface area (Å²) < 4.78 is 20.9. The lowest BCUT2D eigenvalue weighted by Crippen LogP contribution is -2.45. The Labute approximate surface area is 212 Å². The molecular formula is C28H34FN5O2. The molecule has 0 spiro atoms. The maximum Gasteiger partial charge on any atom is 0.250 e. The molecule has 1 amide bonds. The number of hydrogen-bond acceptors (Lipinski definition) is 5. The first kappa shape index (κ1) is 25.8. The van der Waals surface area contributed by atoms with E-state index in [1.165, 1.54) is 5.57 Å². The number of alkyl halides is 1. The van der Waals surface area contributed by atoms with Gasteiger partial charge >= 0.3 is 0 Å².